The lowest BCUT2D eigenvalue weighted by atomic mass is 10.0. The van der Waals surface area contributed by atoms with Gasteiger partial charge >= 0.3 is 13.8 Å². The lowest BCUT2D eigenvalue weighted by Crippen LogP contribution is -2.47. The highest BCUT2D eigenvalue weighted by Gasteiger charge is 2.30. The minimum atomic E-state index is -4.47. The molecule has 494 valence electrons. The molecule has 0 fully saturated rings. The SMILES string of the molecule is CC/C=C\C/C=C\C/C=C\C/C=C\C/C=C\C/C=C\CCCCC(=O)OC(/C=C/CCCCCCCCCCC)C(COP(=O)(O)OCC[N+](C)(C)C)NC(=O)CCCCCCCCCCCCCCCCCCCCCCCCCCCCC. The Morgan fingerprint density at radius 3 is 1.14 bits per heavy atom. The molecule has 0 aromatic heterocycles. The Morgan fingerprint density at radius 2 is 0.753 bits per heavy atom. The topological polar surface area (TPSA) is 111 Å². The van der Waals surface area contributed by atoms with Crippen molar-refractivity contribution in [3.05, 3.63) is 85.1 Å². The van der Waals surface area contributed by atoms with E-state index in [1.54, 1.807) is 0 Å². The zero-order valence-corrected chi connectivity index (χ0v) is 57.5. The van der Waals surface area contributed by atoms with Gasteiger partial charge in [0.1, 0.15) is 19.3 Å². The van der Waals surface area contributed by atoms with Gasteiger partial charge in [-0.1, -0.05) is 318 Å². The summed E-state index contributed by atoms with van der Waals surface area (Å²) in [5.74, 6) is -0.548. The summed E-state index contributed by atoms with van der Waals surface area (Å²) in [6.07, 6.45) is 86.2. The van der Waals surface area contributed by atoms with Crippen LogP contribution in [0.25, 0.3) is 0 Å². The van der Waals surface area contributed by atoms with Crippen LogP contribution in [-0.2, 0) is 27.9 Å². The van der Waals surface area contributed by atoms with E-state index in [9.17, 15) is 19.0 Å². The van der Waals surface area contributed by atoms with Crippen LogP contribution in [0.2, 0.25) is 0 Å². The fraction of sp³-hybridized carbons (Fsp3) is 0.787. The highest BCUT2D eigenvalue weighted by Crippen LogP contribution is 2.43. The van der Waals surface area contributed by atoms with E-state index >= 15 is 0 Å². The highest BCUT2D eigenvalue weighted by atomic mass is 31.2. The Balaban J connectivity index is 5.03. The van der Waals surface area contributed by atoms with Crippen LogP contribution < -0.4 is 5.32 Å². The number of rotatable bonds is 65. The summed E-state index contributed by atoms with van der Waals surface area (Å²) in [6.45, 7) is 6.90. The van der Waals surface area contributed by atoms with Crippen molar-refractivity contribution in [3.63, 3.8) is 0 Å². The van der Waals surface area contributed by atoms with E-state index < -0.39 is 20.0 Å². The number of amides is 1. The van der Waals surface area contributed by atoms with Gasteiger partial charge < -0.3 is 19.4 Å². The van der Waals surface area contributed by atoms with Crippen molar-refractivity contribution in [1.82, 2.24) is 5.32 Å². The number of carbonyl (C=O) groups excluding carboxylic acids is 2. The number of carbonyl (C=O) groups is 2. The molecule has 0 saturated carbocycles. The number of nitrogens with zero attached hydrogens (tertiary/aromatic N) is 1. The van der Waals surface area contributed by atoms with E-state index in [2.05, 4.69) is 99.0 Å². The summed E-state index contributed by atoms with van der Waals surface area (Å²) in [4.78, 5) is 37.8. The Morgan fingerprint density at radius 1 is 0.424 bits per heavy atom. The van der Waals surface area contributed by atoms with Crippen molar-refractivity contribution in [2.45, 2.75) is 341 Å². The number of hydrogen-bond acceptors (Lipinski definition) is 6. The Bertz CT molecular complexity index is 1730. The average Bonchev–Trinajstić information content (AvgIpc) is 3.63. The van der Waals surface area contributed by atoms with Crippen LogP contribution in [0.15, 0.2) is 85.1 Å². The van der Waals surface area contributed by atoms with E-state index in [0.717, 1.165) is 89.9 Å². The number of ether oxygens (including phenoxy) is 1. The maximum absolute atomic E-state index is 13.6. The largest absolute Gasteiger partial charge is 0.472 e. The molecule has 0 aliphatic rings. The molecule has 0 heterocycles. The Labute approximate surface area is 526 Å². The standard InChI is InChI=1S/C75H137N2O7P/c1-7-10-13-16-19-22-25-27-29-31-33-35-36-37-38-39-40-42-43-45-47-49-52-55-58-61-64-67-74(78)76-72(71-83-85(80,81)82-70-69-77(4,5)6)73(66-63-60-57-54-51-24-21-18-15-12-9-3)84-75(79)68-65-62-59-56-53-50-48-46-44-41-34-32-30-28-26-23-20-17-14-11-8-2/h11,14,20,23,28,30,34,41,46,48,53,56,63,66,72-73H,7-10,12-13,15-19,21-22,24-27,29,31-33,35-40,42-45,47,49-52,54-55,57-62,64-65,67-71H2,1-6H3,(H-,76,78,80,81)/p+1/b14-11-,23-20-,30-28-,41-34-,48-46-,56-53-,66-63+. The summed E-state index contributed by atoms with van der Waals surface area (Å²) in [5, 5.41) is 3.06. The molecule has 3 unspecified atom stereocenters. The van der Waals surface area contributed by atoms with E-state index in [4.69, 9.17) is 13.8 Å². The molecule has 0 aromatic carbocycles. The monoisotopic (exact) mass is 1210 g/mol. The van der Waals surface area contributed by atoms with E-state index in [1.807, 2.05) is 33.3 Å². The van der Waals surface area contributed by atoms with Gasteiger partial charge in [0.05, 0.1) is 33.8 Å². The summed E-state index contributed by atoms with van der Waals surface area (Å²) in [7, 11) is 1.47. The van der Waals surface area contributed by atoms with Crippen molar-refractivity contribution < 1.29 is 37.3 Å². The molecule has 0 spiro atoms. The van der Waals surface area contributed by atoms with E-state index in [1.165, 1.54) is 199 Å². The molecule has 0 rings (SSSR count). The minimum Gasteiger partial charge on any atom is -0.456 e. The molecule has 0 aliphatic heterocycles. The third-order valence-electron chi connectivity index (χ3n) is 15.8. The summed E-state index contributed by atoms with van der Waals surface area (Å²) < 4.78 is 30.8. The van der Waals surface area contributed by atoms with Crippen molar-refractivity contribution in [2.75, 3.05) is 40.9 Å². The molecule has 0 aliphatic carbocycles. The third-order valence-corrected chi connectivity index (χ3v) is 16.8. The fourth-order valence-corrected chi connectivity index (χ4v) is 11.1. The molecule has 0 aromatic rings. The fourth-order valence-electron chi connectivity index (χ4n) is 10.4. The first-order valence-corrected chi connectivity index (χ1v) is 37.4. The van der Waals surface area contributed by atoms with Crippen LogP contribution in [0.3, 0.4) is 0 Å². The predicted octanol–water partition coefficient (Wildman–Crippen LogP) is 22.9. The van der Waals surface area contributed by atoms with Gasteiger partial charge in [-0.3, -0.25) is 18.6 Å². The molecule has 0 radical (unpaired) electrons. The van der Waals surface area contributed by atoms with Gasteiger partial charge in [0.2, 0.25) is 5.91 Å². The molecule has 9 nitrogen and oxygen atoms in total. The molecule has 0 bridgehead atoms. The van der Waals surface area contributed by atoms with Gasteiger partial charge in [-0.2, -0.15) is 0 Å². The zero-order valence-electron chi connectivity index (χ0n) is 56.6. The van der Waals surface area contributed by atoms with E-state index in [-0.39, 0.29) is 31.5 Å². The quantitative estimate of drug-likeness (QED) is 0.0205. The molecule has 10 heteroatoms. The van der Waals surface area contributed by atoms with Gasteiger partial charge in [0.25, 0.3) is 0 Å². The maximum Gasteiger partial charge on any atom is 0.472 e. The minimum absolute atomic E-state index is 0.0313. The van der Waals surface area contributed by atoms with Gasteiger partial charge in [0.15, 0.2) is 0 Å². The number of phosphoric acid groups is 1. The van der Waals surface area contributed by atoms with Gasteiger partial charge in [-0.15, -0.1) is 0 Å². The predicted molar refractivity (Wildman–Crippen MR) is 369 cm³/mol. The normalized spacial score (nSPS) is 14.0. The summed E-state index contributed by atoms with van der Waals surface area (Å²) in [6, 6.07) is -0.869. The number of allylic oxidation sites excluding steroid dienone is 13. The van der Waals surface area contributed by atoms with Crippen LogP contribution in [0.1, 0.15) is 329 Å². The second kappa shape index (κ2) is 64.2. The second-order valence-corrected chi connectivity index (χ2v) is 26.8. The van der Waals surface area contributed by atoms with Crippen molar-refractivity contribution in [1.29, 1.82) is 0 Å². The third kappa shape index (κ3) is 65.5. The number of phosphoric ester groups is 1. The van der Waals surface area contributed by atoms with Crippen molar-refractivity contribution in [3.8, 4) is 0 Å². The molecular formula is C75H138N2O7P+. The molecular weight excluding hydrogens is 1070 g/mol. The smallest absolute Gasteiger partial charge is 0.456 e. The van der Waals surface area contributed by atoms with Crippen LogP contribution in [0.4, 0.5) is 0 Å². The second-order valence-electron chi connectivity index (χ2n) is 25.4. The number of quaternary nitrogens is 1. The number of nitrogens with one attached hydrogen (secondary N) is 1. The summed E-state index contributed by atoms with van der Waals surface area (Å²) >= 11 is 0. The van der Waals surface area contributed by atoms with Gasteiger partial charge in [-0.05, 0) is 83.1 Å². The lowest BCUT2D eigenvalue weighted by molar-refractivity contribution is -0.870. The van der Waals surface area contributed by atoms with Crippen LogP contribution in [0.5, 0.6) is 0 Å². The number of esters is 1. The Kier molecular flexibility index (Phi) is 62.1. The van der Waals surface area contributed by atoms with Crippen LogP contribution >= 0.6 is 7.82 Å². The summed E-state index contributed by atoms with van der Waals surface area (Å²) in [5.41, 5.74) is 0. The number of hydrogen-bond donors (Lipinski definition) is 2. The van der Waals surface area contributed by atoms with Crippen molar-refractivity contribution in [2.24, 2.45) is 0 Å². The average molecular weight is 1210 g/mol. The number of unbranched alkanes of at least 4 members (excludes halogenated alkanes) is 37. The van der Waals surface area contributed by atoms with Gasteiger partial charge in [-0.25, -0.2) is 4.57 Å². The first kappa shape index (κ1) is 82.2. The first-order chi connectivity index (χ1) is 41.4. The van der Waals surface area contributed by atoms with E-state index in [0.29, 0.717) is 23.9 Å². The molecule has 1 amide bonds. The van der Waals surface area contributed by atoms with Gasteiger partial charge in [0, 0.05) is 12.8 Å². The van der Waals surface area contributed by atoms with Crippen molar-refractivity contribution >= 4 is 19.7 Å². The van der Waals surface area contributed by atoms with Crippen LogP contribution in [-0.4, -0.2) is 74.3 Å². The maximum atomic E-state index is 13.6. The first-order valence-electron chi connectivity index (χ1n) is 35.9. The molecule has 85 heavy (non-hydrogen) atoms. The molecule has 2 N–H and O–H groups in total. The Hall–Kier alpha value is -2.81. The highest BCUT2D eigenvalue weighted by molar-refractivity contribution is 7.47. The van der Waals surface area contributed by atoms with Crippen LogP contribution in [0, 0.1) is 0 Å². The zero-order chi connectivity index (χ0) is 62.1. The lowest BCUT2D eigenvalue weighted by Gasteiger charge is -2.27. The molecule has 3 atom stereocenters. The molecule has 0 saturated heterocycles. The number of likely N-dealkylation sites (N-methyl/N-ethyl adjacent to an activating group) is 1.